The number of rotatable bonds is 7. The number of aromatic nitrogens is 3. The highest BCUT2D eigenvalue weighted by Gasteiger charge is 2.34. The second kappa shape index (κ2) is 9.26. The van der Waals surface area contributed by atoms with E-state index in [1.165, 1.54) is 12.3 Å². The summed E-state index contributed by atoms with van der Waals surface area (Å²) in [5.74, 6) is -0.898. The fourth-order valence-electron chi connectivity index (χ4n) is 4.12. The highest BCUT2D eigenvalue weighted by Crippen LogP contribution is 2.36. The van der Waals surface area contributed by atoms with Crippen molar-refractivity contribution in [3.63, 3.8) is 0 Å². The number of hydrogen-bond donors (Lipinski definition) is 3. The van der Waals surface area contributed by atoms with Gasteiger partial charge >= 0.3 is 0 Å². The maximum atomic E-state index is 13.4. The van der Waals surface area contributed by atoms with Crippen molar-refractivity contribution in [2.24, 2.45) is 5.73 Å². The largest absolute Gasteiger partial charge is 0.365 e. The average molecular weight is 457 g/mol. The van der Waals surface area contributed by atoms with Crippen LogP contribution >= 0.6 is 11.6 Å². The van der Waals surface area contributed by atoms with Gasteiger partial charge in [0.15, 0.2) is 5.82 Å². The number of hydrogen-bond acceptors (Lipinski definition) is 5. The molecular formula is C23H26ClFN6O. The summed E-state index contributed by atoms with van der Waals surface area (Å²) in [7, 11) is 0. The molecule has 2 aromatic heterocycles. The molecule has 0 saturated heterocycles. The molecule has 0 bridgehead atoms. The van der Waals surface area contributed by atoms with Gasteiger partial charge < -0.3 is 16.4 Å². The molecule has 32 heavy (non-hydrogen) atoms. The first-order chi connectivity index (χ1) is 15.3. The summed E-state index contributed by atoms with van der Waals surface area (Å²) in [6.07, 6.45) is 6.76. The van der Waals surface area contributed by atoms with Gasteiger partial charge in [-0.3, -0.25) is 9.48 Å². The van der Waals surface area contributed by atoms with Gasteiger partial charge in [-0.05, 0) is 56.4 Å². The van der Waals surface area contributed by atoms with Crippen molar-refractivity contribution in [2.45, 2.75) is 50.7 Å². The van der Waals surface area contributed by atoms with Crippen LogP contribution in [0.2, 0.25) is 5.02 Å². The minimum absolute atomic E-state index is 0.248. The van der Waals surface area contributed by atoms with E-state index >= 15 is 0 Å². The molecule has 0 unspecified atom stereocenters. The van der Waals surface area contributed by atoms with Crippen LogP contribution in [0.5, 0.6) is 0 Å². The van der Waals surface area contributed by atoms with E-state index in [1.807, 2.05) is 22.9 Å². The number of primary amides is 1. The lowest BCUT2D eigenvalue weighted by atomic mass is 9.81. The van der Waals surface area contributed by atoms with Crippen LogP contribution in [-0.4, -0.2) is 26.7 Å². The van der Waals surface area contributed by atoms with Crippen molar-refractivity contribution in [1.82, 2.24) is 20.1 Å². The summed E-state index contributed by atoms with van der Waals surface area (Å²) >= 11 is 6.07. The van der Waals surface area contributed by atoms with Crippen LogP contribution in [0, 0.1) is 5.95 Å². The Morgan fingerprint density at radius 2 is 2.09 bits per heavy atom. The first-order valence-corrected chi connectivity index (χ1v) is 11.0. The third kappa shape index (κ3) is 5.08. The molecule has 168 valence electrons. The topological polar surface area (TPSA) is 97.9 Å². The van der Waals surface area contributed by atoms with E-state index in [4.69, 9.17) is 17.3 Å². The van der Waals surface area contributed by atoms with E-state index < -0.39 is 11.9 Å². The molecule has 1 aromatic carbocycles. The average Bonchev–Trinajstić information content (AvgIpc) is 3.18. The molecule has 0 atom stereocenters. The van der Waals surface area contributed by atoms with Crippen molar-refractivity contribution < 1.29 is 9.18 Å². The Kier molecular flexibility index (Phi) is 6.43. The predicted octanol–water partition coefficient (Wildman–Crippen LogP) is 4.36. The lowest BCUT2D eigenvalue weighted by Gasteiger charge is -2.38. The van der Waals surface area contributed by atoms with Crippen LogP contribution < -0.4 is 16.4 Å². The first-order valence-electron chi connectivity index (χ1n) is 10.6. The molecule has 1 aliphatic rings. The Bertz CT molecular complexity index is 1110. The monoisotopic (exact) mass is 456 g/mol. The third-order valence-electron chi connectivity index (χ3n) is 6.07. The molecule has 7 nitrogen and oxygen atoms in total. The Labute approximate surface area is 191 Å². The third-order valence-corrected chi connectivity index (χ3v) is 6.30. The van der Waals surface area contributed by atoms with Crippen molar-refractivity contribution in [2.75, 3.05) is 5.32 Å². The quantitative estimate of drug-likeness (QED) is 0.459. The maximum Gasteiger partial charge on any atom is 0.254 e. The number of nitrogens with zero attached hydrogens (tertiary/aromatic N) is 3. The van der Waals surface area contributed by atoms with Crippen LogP contribution in [0.15, 0.2) is 48.8 Å². The van der Waals surface area contributed by atoms with E-state index in [2.05, 4.69) is 33.7 Å². The Morgan fingerprint density at radius 1 is 1.31 bits per heavy atom. The van der Waals surface area contributed by atoms with Crippen LogP contribution in [0.1, 0.15) is 48.5 Å². The fraction of sp³-hybridized carbons (Fsp3) is 0.348. The Balaban J connectivity index is 1.43. The van der Waals surface area contributed by atoms with Crippen LogP contribution in [-0.2, 0) is 12.1 Å². The molecule has 2 heterocycles. The number of carbonyl (C=O) groups is 1. The zero-order chi connectivity index (χ0) is 22.7. The summed E-state index contributed by atoms with van der Waals surface area (Å²) < 4.78 is 15.3. The number of nitrogens with one attached hydrogen (secondary N) is 2. The van der Waals surface area contributed by atoms with Gasteiger partial charge in [0.05, 0.1) is 5.54 Å². The molecule has 0 spiro atoms. The summed E-state index contributed by atoms with van der Waals surface area (Å²) in [5, 5.41) is 11.9. The lowest BCUT2D eigenvalue weighted by molar-refractivity contribution is 0.100. The first kappa shape index (κ1) is 22.2. The van der Waals surface area contributed by atoms with Gasteiger partial charge in [0.2, 0.25) is 5.95 Å². The smallest absolute Gasteiger partial charge is 0.254 e. The molecule has 9 heteroatoms. The molecule has 1 saturated carbocycles. The van der Waals surface area contributed by atoms with E-state index in [0.717, 1.165) is 42.8 Å². The standard InChI is InChI=1S/C23H26ClFN6O/c1-23(8-5-17(6-9-23)28-13-15-3-2-4-16(24)11-15)31-14-19(21(26)32)22(30-31)29-18-7-10-27-20(25)12-18/h2-4,7,10-12,14,17,28H,5-6,8-9,13H2,1H3,(H2,26,32)(H,27,29,30). The van der Waals surface area contributed by atoms with Gasteiger partial charge in [-0.1, -0.05) is 23.7 Å². The van der Waals surface area contributed by atoms with Gasteiger partial charge in [0.1, 0.15) is 5.56 Å². The molecule has 4 N–H and O–H groups in total. The second-order valence-electron chi connectivity index (χ2n) is 8.47. The zero-order valence-corrected chi connectivity index (χ0v) is 18.6. The molecule has 1 aliphatic carbocycles. The number of halogens is 2. The molecule has 3 aromatic rings. The number of amides is 1. The minimum atomic E-state index is -0.620. The zero-order valence-electron chi connectivity index (χ0n) is 17.8. The molecule has 1 amide bonds. The van der Waals surface area contributed by atoms with Crippen molar-refractivity contribution in [3.05, 3.63) is 70.9 Å². The molecule has 1 fully saturated rings. The van der Waals surface area contributed by atoms with Gasteiger partial charge in [-0.2, -0.15) is 9.49 Å². The summed E-state index contributed by atoms with van der Waals surface area (Å²) in [5.41, 5.74) is 7.20. The Hall–Kier alpha value is -2.97. The highest BCUT2D eigenvalue weighted by molar-refractivity contribution is 6.30. The van der Waals surface area contributed by atoms with E-state index in [0.29, 0.717) is 17.5 Å². The highest BCUT2D eigenvalue weighted by atomic mass is 35.5. The summed E-state index contributed by atoms with van der Waals surface area (Å²) in [6, 6.07) is 11.1. The van der Waals surface area contributed by atoms with E-state index in [9.17, 15) is 9.18 Å². The van der Waals surface area contributed by atoms with Gasteiger partial charge in [-0.25, -0.2) is 4.98 Å². The van der Waals surface area contributed by atoms with Crippen LogP contribution in [0.25, 0.3) is 0 Å². The molecule has 4 rings (SSSR count). The number of nitrogens with two attached hydrogens (primary N) is 1. The molecule has 0 radical (unpaired) electrons. The Morgan fingerprint density at radius 3 is 2.78 bits per heavy atom. The number of benzene rings is 1. The van der Waals surface area contributed by atoms with Crippen LogP contribution in [0.4, 0.5) is 15.9 Å². The summed E-state index contributed by atoms with van der Waals surface area (Å²) in [4.78, 5) is 15.5. The fourth-order valence-corrected chi connectivity index (χ4v) is 4.33. The van der Waals surface area contributed by atoms with E-state index in [-0.39, 0.29) is 11.1 Å². The maximum absolute atomic E-state index is 13.4. The van der Waals surface area contributed by atoms with Gasteiger partial charge in [0, 0.05) is 41.8 Å². The molecule has 0 aliphatic heterocycles. The van der Waals surface area contributed by atoms with E-state index in [1.54, 1.807) is 12.3 Å². The lowest BCUT2D eigenvalue weighted by Crippen LogP contribution is -2.41. The number of pyridine rings is 1. The summed E-state index contributed by atoms with van der Waals surface area (Å²) in [6.45, 7) is 2.90. The SMILES string of the molecule is CC1(n2cc(C(N)=O)c(Nc3ccnc(F)c3)n2)CCC(NCc2cccc(Cl)c2)CC1. The van der Waals surface area contributed by atoms with Crippen molar-refractivity contribution >= 4 is 29.0 Å². The number of carbonyl (C=O) groups excluding carboxylic acids is 1. The van der Waals surface area contributed by atoms with Crippen molar-refractivity contribution in [1.29, 1.82) is 0 Å². The number of anilines is 2. The van der Waals surface area contributed by atoms with Crippen molar-refractivity contribution in [3.8, 4) is 0 Å². The van der Waals surface area contributed by atoms with Gasteiger partial charge in [-0.15, -0.1) is 0 Å². The predicted molar refractivity (Wildman–Crippen MR) is 122 cm³/mol. The normalized spacial score (nSPS) is 20.8. The van der Waals surface area contributed by atoms with Gasteiger partial charge in [0.25, 0.3) is 5.91 Å². The van der Waals surface area contributed by atoms with Crippen LogP contribution in [0.3, 0.4) is 0 Å². The second-order valence-corrected chi connectivity index (χ2v) is 8.91. The molecular weight excluding hydrogens is 431 g/mol. The minimum Gasteiger partial charge on any atom is -0.365 e.